The van der Waals surface area contributed by atoms with E-state index in [2.05, 4.69) is 35.6 Å². The Labute approximate surface area is 95.9 Å². The third-order valence-electron chi connectivity index (χ3n) is 2.94. The fraction of sp³-hybridized carbons (Fsp3) is 0.583. The molecule has 0 saturated heterocycles. The Morgan fingerprint density at radius 1 is 1.53 bits per heavy atom. The maximum atomic E-state index is 4.42. The summed E-state index contributed by atoms with van der Waals surface area (Å²) in [5, 5.41) is 3.52. The van der Waals surface area contributed by atoms with E-state index >= 15 is 0 Å². The van der Waals surface area contributed by atoms with Crippen LogP contribution in [0.25, 0.3) is 0 Å². The molecule has 1 aromatic rings. The highest BCUT2D eigenvalue weighted by Crippen LogP contribution is 2.35. The van der Waals surface area contributed by atoms with E-state index in [1.54, 1.807) is 11.8 Å². The van der Waals surface area contributed by atoms with Gasteiger partial charge in [0.25, 0.3) is 0 Å². The first-order valence-electron chi connectivity index (χ1n) is 5.60. The van der Waals surface area contributed by atoms with Gasteiger partial charge in [0, 0.05) is 17.1 Å². The van der Waals surface area contributed by atoms with Crippen molar-refractivity contribution in [1.82, 2.24) is 4.98 Å². The molecule has 1 saturated carbocycles. The standard InChI is InChI=1S/C12H18N2S/c1-3-11(9-4-5-9)14-12-7-6-10(15-2)8-13-12/h6-9,11H,3-5H2,1-2H3,(H,13,14). The minimum atomic E-state index is 0.623. The highest BCUT2D eigenvalue weighted by Gasteiger charge is 2.29. The van der Waals surface area contributed by atoms with Gasteiger partial charge in [-0.25, -0.2) is 4.98 Å². The lowest BCUT2D eigenvalue weighted by Crippen LogP contribution is -2.21. The smallest absolute Gasteiger partial charge is 0.126 e. The predicted octanol–water partition coefficient (Wildman–Crippen LogP) is 3.40. The van der Waals surface area contributed by atoms with Crippen LogP contribution >= 0.6 is 11.8 Å². The number of nitrogens with one attached hydrogen (secondary N) is 1. The molecule has 1 aromatic heterocycles. The van der Waals surface area contributed by atoms with Crippen LogP contribution in [0.1, 0.15) is 26.2 Å². The lowest BCUT2D eigenvalue weighted by atomic mass is 10.1. The van der Waals surface area contributed by atoms with Crippen LogP contribution in [0.5, 0.6) is 0 Å². The number of nitrogens with zero attached hydrogens (tertiary/aromatic N) is 1. The molecule has 1 unspecified atom stereocenters. The van der Waals surface area contributed by atoms with Crippen LogP contribution < -0.4 is 5.32 Å². The molecule has 15 heavy (non-hydrogen) atoms. The van der Waals surface area contributed by atoms with Gasteiger partial charge in [-0.2, -0.15) is 0 Å². The van der Waals surface area contributed by atoms with Gasteiger partial charge >= 0.3 is 0 Å². The van der Waals surface area contributed by atoms with Crippen LogP contribution in [-0.4, -0.2) is 17.3 Å². The zero-order valence-corrected chi connectivity index (χ0v) is 10.2. The summed E-state index contributed by atoms with van der Waals surface area (Å²) in [7, 11) is 0. The van der Waals surface area contributed by atoms with Crippen LogP contribution in [-0.2, 0) is 0 Å². The molecule has 2 nitrogen and oxygen atoms in total. The third kappa shape index (κ3) is 2.88. The van der Waals surface area contributed by atoms with Gasteiger partial charge < -0.3 is 5.32 Å². The topological polar surface area (TPSA) is 24.9 Å². The summed E-state index contributed by atoms with van der Waals surface area (Å²) in [5.41, 5.74) is 0. The summed E-state index contributed by atoms with van der Waals surface area (Å²) < 4.78 is 0. The Kier molecular flexibility index (Phi) is 3.52. The molecule has 1 fully saturated rings. The van der Waals surface area contributed by atoms with Gasteiger partial charge in [0.05, 0.1) is 0 Å². The van der Waals surface area contributed by atoms with Crippen molar-refractivity contribution < 1.29 is 0 Å². The van der Waals surface area contributed by atoms with Crippen LogP contribution in [0.4, 0.5) is 5.82 Å². The maximum absolute atomic E-state index is 4.42. The van der Waals surface area contributed by atoms with Crippen molar-refractivity contribution in [3.05, 3.63) is 18.3 Å². The van der Waals surface area contributed by atoms with E-state index < -0.39 is 0 Å². The van der Waals surface area contributed by atoms with Crippen LogP contribution in [0.15, 0.2) is 23.2 Å². The molecule has 1 N–H and O–H groups in total. The van der Waals surface area contributed by atoms with E-state index in [1.807, 2.05) is 6.20 Å². The zero-order chi connectivity index (χ0) is 10.7. The second-order valence-electron chi connectivity index (χ2n) is 4.08. The van der Waals surface area contributed by atoms with Gasteiger partial charge in [-0.15, -0.1) is 11.8 Å². The second kappa shape index (κ2) is 4.88. The van der Waals surface area contributed by atoms with Gasteiger partial charge in [-0.05, 0) is 43.6 Å². The Morgan fingerprint density at radius 2 is 2.33 bits per heavy atom. The van der Waals surface area contributed by atoms with Gasteiger partial charge in [0.2, 0.25) is 0 Å². The molecule has 2 rings (SSSR count). The molecule has 0 spiro atoms. The van der Waals surface area contributed by atoms with E-state index in [-0.39, 0.29) is 0 Å². The summed E-state index contributed by atoms with van der Waals surface area (Å²) in [4.78, 5) is 5.64. The van der Waals surface area contributed by atoms with Gasteiger partial charge in [0.1, 0.15) is 5.82 Å². The Balaban J connectivity index is 1.96. The molecule has 1 aliphatic rings. The number of pyridine rings is 1. The molecule has 0 radical (unpaired) electrons. The van der Waals surface area contributed by atoms with E-state index in [4.69, 9.17) is 0 Å². The average molecular weight is 222 g/mol. The van der Waals surface area contributed by atoms with E-state index in [9.17, 15) is 0 Å². The summed E-state index contributed by atoms with van der Waals surface area (Å²) in [6.07, 6.45) is 7.97. The molecule has 0 amide bonds. The molecular formula is C12H18N2S. The number of hydrogen-bond donors (Lipinski definition) is 1. The molecule has 1 aliphatic carbocycles. The van der Waals surface area contributed by atoms with Crippen molar-refractivity contribution >= 4 is 17.6 Å². The average Bonchev–Trinajstić information content (AvgIpc) is 3.10. The maximum Gasteiger partial charge on any atom is 0.126 e. The molecule has 0 bridgehead atoms. The van der Waals surface area contributed by atoms with Crippen molar-refractivity contribution in [3.8, 4) is 0 Å². The summed E-state index contributed by atoms with van der Waals surface area (Å²) >= 11 is 1.73. The van der Waals surface area contributed by atoms with Crippen molar-refractivity contribution in [2.24, 2.45) is 5.92 Å². The molecule has 1 heterocycles. The van der Waals surface area contributed by atoms with E-state index in [0.29, 0.717) is 6.04 Å². The monoisotopic (exact) mass is 222 g/mol. The third-order valence-corrected chi connectivity index (χ3v) is 3.65. The molecule has 0 aliphatic heterocycles. The first kappa shape index (κ1) is 10.8. The second-order valence-corrected chi connectivity index (χ2v) is 4.96. The summed E-state index contributed by atoms with van der Waals surface area (Å²) in [6, 6.07) is 4.83. The van der Waals surface area contributed by atoms with Crippen LogP contribution in [0, 0.1) is 5.92 Å². The highest BCUT2D eigenvalue weighted by molar-refractivity contribution is 7.98. The van der Waals surface area contributed by atoms with Crippen molar-refractivity contribution in [2.45, 2.75) is 37.1 Å². The first-order valence-corrected chi connectivity index (χ1v) is 6.82. The minimum Gasteiger partial charge on any atom is -0.367 e. The summed E-state index contributed by atoms with van der Waals surface area (Å²) in [6.45, 7) is 2.24. The van der Waals surface area contributed by atoms with Crippen molar-refractivity contribution in [2.75, 3.05) is 11.6 Å². The molecule has 1 atom stereocenters. The number of anilines is 1. The quantitative estimate of drug-likeness (QED) is 0.773. The largest absolute Gasteiger partial charge is 0.367 e. The predicted molar refractivity (Wildman–Crippen MR) is 66.4 cm³/mol. The van der Waals surface area contributed by atoms with Crippen molar-refractivity contribution in [1.29, 1.82) is 0 Å². The SMILES string of the molecule is CCC(Nc1ccc(SC)cn1)C1CC1. The molecule has 3 heteroatoms. The Bertz CT molecular complexity index is 306. The molecule has 0 aromatic carbocycles. The summed E-state index contributed by atoms with van der Waals surface area (Å²) in [5.74, 6) is 1.91. The number of thioether (sulfide) groups is 1. The fourth-order valence-corrected chi connectivity index (χ4v) is 2.19. The highest BCUT2D eigenvalue weighted by atomic mass is 32.2. The number of rotatable bonds is 5. The van der Waals surface area contributed by atoms with E-state index in [1.165, 1.54) is 24.2 Å². The normalized spacial score (nSPS) is 17.5. The Hall–Kier alpha value is -0.700. The number of aromatic nitrogens is 1. The first-order chi connectivity index (χ1) is 7.33. The molecule has 82 valence electrons. The Morgan fingerprint density at radius 3 is 2.80 bits per heavy atom. The molecular weight excluding hydrogens is 204 g/mol. The lowest BCUT2D eigenvalue weighted by molar-refractivity contribution is 0.614. The van der Waals surface area contributed by atoms with E-state index in [0.717, 1.165) is 11.7 Å². The number of hydrogen-bond acceptors (Lipinski definition) is 3. The minimum absolute atomic E-state index is 0.623. The van der Waals surface area contributed by atoms with Gasteiger partial charge in [-0.3, -0.25) is 0 Å². The fourth-order valence-electron chi connectivity index (χ4n) is 1.83. The van der Waals surface area contributed by atoms with Crippen LogP contribution in [0.3, 0.4) is 0 Å². The van der Waals surface area contributed by atoms with Gasteiger partial charge in [-0.1, -0.05) is 6.92 Å². The van der Waals surface area contributed by atoms with Crippen LogP contribution in [0.2, 0.25) is 0 Å². The van der Waals surface area contributed by atoms with Crippen molar-refractivity contribution in [3.63, 3.8) is 0 Å². The lowest BCUT2D eigenvalue weighted by Gasteiger charge is -2.16. The zero-order valence-electron chi connectivity index (χ0n) is 9.36. The van der Waals surface area contributed by atoms with Gasteiger partial charge in [0.15, 0.2) is 0 Å².